The Hall–Kier alpha value is -1.81. The van der Waals surface area contributed by atoms with Crippen LogP contribution in [0.3, 0.4) is 0 Å². The fraction of sp³-hybridized carbons (Fsp3) is 0.267. The first-order valence-corrected chi connectivity index (χ1v) is 7.36. The van der Waals surface area contributed by atoms with Gasteiger partial charge >= 0.3 is 0 Å². The highest BCUT2D eigenvalue weighted by Gasteiger charge is 2.25. The van der Waals surface area contributed by atoms with Crippen LogP contribution in [0.25, 0.3) is 6.08 Å². The first-order chi connectivity index (χ1) is 9.25. The highest BCUT2D eigenvalue weighted by molar-refractivity contribution is 7.08. The third kappa shape index (κ3) is 2.36. The second-order valence-corrected chi connectivity index (χ2v) is 5.50. The van der Waals surface area contributed by atoms with E-state index in [-0.39, 0.29) is 11.9 Å². The molecule has 0 aliphatic carbocycles. The number of rotatable bonds is 2. The van der Waals surface area contributed by atoms with Crippen LogP contribution < -0.4 is 0 Å². The molecule has 2 aromatic heterocycles. The van der Waals surface area contributed by atoms with Gasteiger partial charge in [0.15, 0.2) is 0 Å². The van der Waals surface area contributed by atoms with Crippen LogP contribution in [-0.2, 0) is 11.3 Å². The molecule has 1 atom stereocenters. The normalized spacial score (nSPS) is 18.8. The maximum atomic E-state index is 12.3. The predicted molar refractivity (Wildman–Crippen MR) is 77.9 cm³/mol. The second kappa shape index (κ2) is 5.05. The number of carbonyl (C=O) groups is 1. The molecule has 19 heavy (non-hydrogen) atoms. The first kappa shape index (κ1) is 12.2. The number of amides is 1. The van der Waals surface area contributed by atoms with Gasteiger partial charge in [-0.15, -0.1) is 0 Å². The van der Waals surface area contributed by atoms with Crippen LogP contribution in [0.15, 0.2) is 41.2 Å². The molecular weight excluding hydrogens is 256 g/mol. The van der Waals surface area contributed by atoms with E-state index in [1.807, 2.05) is 33.9 Å². The standard InChI is InChI=1S/C15H16N2OS/c1-12-14-3-2-7-16(14)8-9-17(12)15(18)5-4-13-6-10-19-11-13/h2-7,10-12H,8-9H2,1H3. The van der Waals surface area contributed by atoms with Gasteiger partial charge in [-0.3, -0.25) is 4.79 Å². The lowest BCUT2D eigenvalue weighted by Gasteiger charge is -2.34. The largest absolute Gasteiger partial charge is 0.348 e. The van der Waals surface area contributed by atoms with Gasteiger partial charge in [-0.25, -0.2) is 0 Å². The molecule has 98 valence electrons. The second-order valence-electron chi connectivity index (χ2n) is 4.72. The van der Waals surface area contributed by atoms with E-state index in [4.69, 9.17) is 0 Å². The van der Waals surface area contributed by atoms with Crippen LogP contribution in [0.2, 0.25) is 0 Å². The molecule has 0 saturated carbocycles. The highest BCUT2D eigenvalue weighted by Crippen LogP contribution is 2.25. The average Bonchev–Trinajstić information content (AvgIpc) is 3.07. The van der Waals surface area contributed by atoms with E-state index < -0.39 is 0 Å². The third-order valence-electron chi connectivity index (χ3n) is 3.59. The van der Waals surface area contributed by atoms with Crippen molar-refractivity contribution in [3.05, 3.63) is 52.5 Å². The van der Waals surface area contributed by atoms with Gasteiger partial charge in [0.1, 0.15) is 0 Å². The maximum absolute atomic E-state index is 12.3. The van der Waals surface area contributed by atoms with Crippen LogP contribution in [0, 0.1) is 0 Å². The SMILES string of the molecule is CC1c2cccn2CCN1C(=O)C=Cc1ccsc1. The van der Waals surface area contributed by atoms with Gasteiger partial charge < -0.3 is 9.47 Å². The molecule has 2 aromatic rings. The summed E-state index contributed by atoms with van der Waals surface area (Å²) >= 11 is 1.64. The van der Waals surface area contributed by atoms with Gasteiger partial charge in [0, 0.05) is 31.1 Å². The van der Waals surface area contributed by atoms with Gasteiger partial charge in [0.05, 0.1) is 6.04 Å². The summed E-state index contributed by atoms with van der Waals surface area (Å²) in [5.41, 5.74) is 2.30. The number of thiophene rings is 1. The predicted octanol–water partition coefficient (Wildman–Crippen LogP) is 3.17. The molecule has 1 unspecified atom stereocenters. The van der Waals surface area contributed by atoms with Crippen molar-refractivity contribution in [2.75, 3.05) is 6.54 Å². The summed E-state index contributed by atoms with van der Waals surface area (Å²) in [6.45, 7) is 3.74. The summed E-state index contributed by atoms with van der Waals surface area (Å²) in [6, 6.07) is 6.29. The molecule has 3 rings (SSSR count). The zero-order chi connectivity index (χ0) is 13.2. The molecule has 0 N–H and O–H groups in total. The highest BCUT2D eigenvalue weighted by atomic mass is 32.1. The van der Waals surface area contributed by atoms with Gasteiger partial charge in [-0.2, -0.15) is 11.3 Å². The molecule has 3 heterocycles. The smallest absolute Gasteiger partial charge is 0.247 e. The topological polar surface area (TPSA) is 25.2 Å². The minimum absolute atomic E-state index is 0.0890. The summed E-state index contributed by atoms with van der Waals surface area (Å²) in [5, 5.41) is 4.05. The van der Waals surface area contributed by atoms with Crippen molar-refractivity contribution in [3.63, 3.8) is 0 Å². The Morgan fingerprint density at radius 2 is 2.32 bits per heavy atom. The van der Waals surface area contributed by atoms with E-state index in [0.29, 0.717) is 0 Å². The summed E-state index contributed by atoms with van der Waals surface area (Å²) in [7, 11) is 0. The van der Waals surface area contributed by atoms with Crippen LogP contribution >= 0.6 is 11.3 Å². The number of carbonyl (C=O) groups excluding carboxylic acids is 1. The fourth-order valence-corrected chi connectivity index (χ4v) is 3.14. The third-order valence-corrected chi connectivity index (χ3v) is 4.29. The lowest BCUT2D eigenvalue weighted by atomic mass is 10.1. The average molecular weight is 272 g/mol. The van der Waals surface area contributed by atoms with Gasteiger partial charge in [0.2, 0.25) is 5.91 Å². The van der Waals surface area contributed by atoms with E-state index >= 15 is 0 Å². The zero-order valence-electron chi connectivity index (χ0n) is 10.8. The summed E-state index contributed by atoms with van der Waals surface area (Å²) in [6.07, 6.45) is 5.64. The van der Waals surface area contributed by atoms with Crippen LogP contribution in [-0.4, -0.2) is 21.9 Å². The van der Waals surface area contributed by atoms with E-state index in [1.165, 1.54) is 5.69 Å². The molecule has 0 radical (unpaired) electrons. The molecule has 3 nitrogen and oxygen atoms in total. The number of hydrogen-bond donors (Lipinski definition) is 0. The minimum Gasteiger partial charge on any atom is -0.348 e. The molecule has 0 spiro atoms. The lowest BCUT2D eigenvalue weighted by Crippen LogP contribution is -2.39. The first-order valence-electron chi connectivity index (χ1n) is 6.41. The molecule has 1 aliphatic rings. The van der Waals surface area contributed by atoms with Gasteiger partial charge in [-0.1, -0.05) is 0 Å². The monoisotopic (exact) mass is 272 g/mol. The zero-order valence-corrected chi connectivity index (χ0v) is 11.6. The molecule has 0 aromatic carbocycles. The quantitative estimate of drug-likeness (QED) is 0.771. The Balaban J connectivity index is 1.75. The molecule has 0 fully saturated rings. The minimum atomic E-state index is 0.0890. The van der Waals surface area contributed by atoms with Crippen molar-refractivity contribution < 1.29 is 4.79 Å². The summed E-state index contributed by atoms with van der Waals surface area (Å²) < 4.78 is 2.22. The fourth-order valence-electron chi connectivity index (χ4n) is 2.51. The summed E-state index contributed by atoms with van der Waals surface area (Å²) in [5.74, 6) is 0.0890. The number of nitrogens with zero attached hydrogens (tertiary/aromatic N) is 2. The van der Waals surface area contributed by atoms with Crippen molar-refractivity contribution in [1.82, 2.24) is 9.47 Å². The van der Waals surface area contributed by atoms with Crippen molar-refractivity contribution in [1.29, 1.82) is 0 Å². The van der Waals surface area contributed by atoms with Gasteiger partial charge in [0.25, 0.3) is 0 Å². The number of hydrogen-bond acceptors (Lipinski definition) is 2. The molecule has 1 aliphatic heterocycles. The Labute approximate surface area is 116 Å². The molecule has 0 bridgehead atoms. The van der Waals surface area contributed by atoms with Crippen LogP contribution in [0.1, 0.15) is 24.2 Å². The Bertz CT molecular complexity index is 597. The maximum Gasteiger partial charge on any atom is 0.247 e. The van der Waals surface area contributed by atoms with E-state index in [2.05, 4.69) is 23.8 Å². The Morgan fingerprint density at radius 3 is 3.11 bits per heavy atom. The van der Waals surface area contributed by atoms with Crippen LogP contribution in [0.4, 0.5) is 0 Å². The molecule has 0 saturated heterocycles. The molecule has 4 heteroatoms. The summed E-state index contributed by atoms with van der Waals surface area (Å²) in [4.78, 5) is 14.2. The van der Waals surface area contributed by atoms with Crippen molar-refractivity contribution in [2.45, 2.75) is 19.5 Å². The Morgan fingerprint density at radius 1 is 1.42 bits per heavy atom. The van der Waals surface area contributed by atoms with E-state index in [0.717, 1.165) is 18.7 Å². The van der Waals surface area contributed by atoms with Crippen molar-refractivity contribution >= 4 is 23.3 Å². The van der Waals surface area contributed by atoms with E-state index in [9.17, 15) is 4.79 Å². The lowest BCUT2D eigenvalue weighted by molar-refractivity contribution is -0.129. The molecule has 1 amide bonds. The van der Waals surface area contributed by atoms with Crippen molar-refractivity contribution in [2.24, 2.45) is 0 Å². The van der Waals surface area contributed by atoms with E-state index in [1.54, 1.807) is 17.4 Å². The number of fused-ring (bicyclic) bond motifs is 1. The molecular formula is C15H16N2OS. The number of aromatic nitrogens is 1. The van der Waals surface area contributed by atoms with Crippen LogP contribution in [0.5, 0.6) is 0 Å². The Kier molecular flexibility index (Phi) is 3.25. The van der Waals surface area contributed by atoms with Crippen molar-refractivity contribution in [3.8, 4) is 0 Å². The van der Waals surface area contributed by atoms with Gasteiger partial charge in [-0.05, 0) is 47.5 Å².